The lowest BCUT2D eigenvalue weighted by molar-refractivity contribution is -0.175. The zero-order chi connectivity index (χ0) is 46.2. The Labute approximate surface area is 371 Å². The zero-order valence-electron chi connectivity index (χ0n) is 37.4. The highest BCUT2D eigenvalue weighted by molar-refractivity contribution is 6.29. The number of carbonyl (C=O) groups is 5. The first-order valence-electron chi connectivity index (χ1n) is 21.0. The van der Waals surface area contributed by atoms with Crippen LogP contribution in [0.2, 0.25) is 0 Å². The number of carbonyl (C=O) groups excluding carboxylic acids is 5. The molecule has 0 aliphatic heterocycles. The molecule has 340 valence electrons. The van der Waals surface area contributed by atoms with Gasteiger partial charge in [-0.3, -0.25) is 0 Å². The summed E-state index contributed by atoms with van der Waals surface area (Å²) in [7, 11) is 1.40. The van der Waals surface area contributed by atoms with Gasteiger partial charge < -0.3 is 37.9 Å². The lowest BCUT2D eigenvalue weighted by Gasteiger charge is -2.32. The lowest BCUT2D eigenvalue weighted by atomic mass is 9.92. The highest BCUT2D eigenvalue weighted by Gasteiger charge is 2.38. The van der Waals surface area contributed by atoms with Gasteiger partial charge in [-0.05, 0) is 98.5 Å². The third-order valence-electron chi connectivity index (χ3n) is 9.62. The topological polar surface area (TPSA) is 159 Å². The fourth-order valence-corrected chi connectivity index (χ4v) is 5.90. The van der Waals surface area contributed by atoms with Gasteiger partial charge in [-0.25, -0.2) is 24.0 Å². The first-order valence-corrected chi connectivity index (χ1v) is 21.0. The molecule has 0 saturated carbocycles. The number of aryl methyl sites for hydroxylation is 2. The summed E-state index contributed by atoms with van der Waals surface area (Å²) in [4.78, 5) is 62.3. The number of methoxy groups -OCH3 is 1. The Hall–Kier alpha value is -6.21. The molecule has 0 aromatic heterocycles. The van der Waals surface area contributed by atoms with E-state index in [1.165, 1.54) is 52.2 Å². The largest absolute Gasteiger partial charge is 0.494 e. The zero-order valence-corrected chi connectivity index (χ0v) is 37.4. The third-order valence-corrected chi connectivity index (χ3v) is 9.62. The minimum absolute atomic E-state index is 0.0153. The molecule has 13 nitrogen and oxygen atoms in total. The van der Waals surface area contributed by atoms with E-state index < -0.39 is 55.1 Å². The molecule has 0 aliphatic carbocycles. The Morgan fingerprint density at radius 1 is 0.524 bits per heavy atom. The normalized spacial score (nSPS) is 10.9. The smallest absolute Gasteiger partial charge is 0.417 e. The SMILES string of the molecule is C=C(C)C(=O)OCc1cc(CCCOc2ccc(CCCCCC)cc2)ccc1-c1ccc(OCC(COC(=O)C(=C)C)(COC(=O)C(=C)C)COC(=O)C(=O)OCCOC)cc1. The maximum absolute atomic E-state index is 12.6. The van der Waals surface area contributed by atoms with Gasteiger partial charge >= 0.3 is 29.8 Å². The molecule has 0 radical (unpaired) electrons. The van der Waals surface area contributed by atoms with Crippen molar-refractivity contribution in [3.8, 4) is 22.6 Å². The van der Waals surface area contributed by atoms with Gasteiger partial charge in [0.15, 0.2) is 0 Å². The van der Waals surface area contributed by atoms with Crippen molar-refractivity contribution in [2.24, 2.45) is 5.41 Å². The molecule has 0 bridgehead atoms. The molecule has 0 atom stereocenters. The summed E-state index contributed by atoms with van der Waals surface area (Å²) in [5.41, 5.74) is 3.74. The molecule has 0 aliphatic rings. The van der Waals surface area contributed by atoms with E-state index in [9.17, 15) is 24.0 Å². The van der Waals surface area contributed by atoms with E-state index in [-0.39, 0.29) is 43.1 Å². The fraction of sp³-hybridized carbons (Fsp3) is 0.420. The van der Waals surface area contributed by atoms with Gasteiger partial charge in [0.2, 0.25) is 0 Å². The Bertz CT molecular complexity index is 1980. The molecule has 13 heteroatoms. The molecule has 0 heterocycles. The monoisotopic (exact) mass is 870 g/mol. The van der Waals surface area contributed by atoms with Crippen molar-refractivity contribution in [1.82, 2.24) is 0 Å². The Kier molecular flexibility index (Phi) is 21.9. The first kappa shape index (κ1) is 51.1. The number of hydrogen-bond donors (Lipinski definition) is 0. The van der Waals surface area contributed by atoms with Crippen LogP contribution >= 0.6 is 0 Å². The predicted octanol–water partition coefficient (Wildman–Crippen LogP) is 8.44. The Morgan fingerprint density at radius 2 is 1.05 bits per heavy atom. The van der Waals surface area contributed by atoms with E-state index >= 15 is 0 Å². The Morgan fingerprint density at radius 3 is 1.63 bits per heavy atom. The van der Waals surface area contributed by atoms with Crippen molar-refractivity contribution in [2.75, 3.05) is 53.4 Å². The number of esters is 5. The number of benzene rings is 3. The number of ether oxygens (including phenoxy) is 8. The van der Waals surface area contributed by atoms with E-state index in [1.807, 2.05) is 42.5 Å². The minimum Gasteiger partial charge on any atom is -0.494 e. The van der Waals surface area contributed by atoms with Crippen LogP contribution in [0, 0.1) is 5.41 Å². The third kappa shape index (κ3) is 18.4. The van der Waals surface area contributed by atoms with Crippen LogP contribution in [-0.4, -0.2) is 83.2 Å². The second-order valence-electron chi connectivity index (χ2n) is 15.5. The van der Waals surface area contributed by atoms with Crippen molar-refractivity contribution in [2.45, 2.75) is 79.2 Å². The van der Waals surface area contributed by atoms with E-state index in [4.69, 9.17) is 37.9 Å². The molecule has 0 fully saturated rings. The average Bonchev–Trinajstić information content (AvgIpc) is 3.28. The lowest BCUT2D eigenvalue weighted by Crippen LogP contribution is -2.45. The summed E-state index contributed by atoms with van der Waals surface area (Å²) >= 11 is 0. The van der Waals surface area contributed by atoms with Gasteiger partial charge in [0, 0.05) is 23.8 Å². The fourth-order valence-electron chi connectivity index (χ4n) is 5.90. The van der Waals surface area contributed by atoms with Crippen LogP contribution in [0.1, 0.15) is 76.5 Å². The van der Waals surface area contributed by atoms with Gasteiger partial charge in [-0.1, -0.05) is 88.4 Å². The van der Waals surface area contributed by atoms with Crippen LogP contribution in [0.4, 0.5) is 0 Å². The quantitative estimate of drug-likeness (QED) is 0.0225. The van der Waals surface area contributed by atoms with Crippen LogP contribution in [0.25, 0.3) is 11.1 Å². The highest BCUT2D eigenvalue weighted by Crippen LogP contribution is 2.30. The summed E-state index contributed by atoms with van der Waals surface area (Å²) in [5.74, 6) is -3.40. The summed E-state index contributed by atoms with van der Waals surface area (Å²) in [6.45, 7) is 16.2. The van der Waals surface area contributed by atoms with E-state index in [0.29, 0.717) is 12.4 Å². The predicted molar refractivity (Wildman–Crippen MR) is 238 cm³/mol. The molecule has 63 heavy (non-hydrogen) atoms. The molecule has 3 aromatic carbocycles. The summed E-state index contributed by atoms with van der Waals surface area (Å²) in [6, 6.07) is 21.4. The van der Waals surface area contributed by atoms with Gasteiger partial charge in [-0.2, -0.15) is 0 Å². The standard InChI is InChI=1S/C50H62O13/c1-9-10-11-12-14-38-16-21-42(22-17-38)57-26-13-15-39-18-25-44(41(29-39)30-59-45(51)35(2)3)40-19-23-43(24-20-40)60-31-50(32-61-46(52)36(4)5,33-62-47(53)37(6)7)34-63-49(55)48(54)58-28-27-56-8/h16-25,29H,2,4,6,9-15,26-28,30-34H2,1,3,5,7-8H3. The highest BCUT2D eigenvalue weighted by atomic mass is 16.6. The van der Waals surface area contributed by atoms with E-state index in [2.05, 4.69) is 38.8 Å². The second kappa shape index (κ2) is 27.0. The number of unbranched alkanes of at least 4 members (excludes halogenated alkanes) is 3. The summed E-state index contributed by atoms with van der Waals surface area (Å²) < 4.78 is 43.6. The molecule has 3 aromatic rings. The van der Waals surface area contributed by atoms with Crippen LogP contribution in [0.3, 0.4) is 0 Å². The second-order valence-corrected chi connectivity index (χ2v) is 15.5. The van der Waals surface area contributed by atoms with Gasteiger partial charge in [0.05, 0.1) is 13.2 Å². The summed E-state index contributed by atoms with van der Waals surface area (Å²) in [6.07, 6.45) is 7.50. The molecule has 0 saturated heterocycles. The molecule has 0 unspecified atom stereocenters. The van der Waals surface area contributed by atoms with Crippen molar-refractivity contribution in [1.29, 1.82) is 0 Å². The molecular weight excluding hydrogens is 809 g/mol. The Balaban J connectivity index is 1.79. The van der Waals surface area contributed by atoms with Crippen LogP contribution in [0.15, 0.2) is 103 Å². The molecule has 0 spiro atoms. The molecule has 0 amide bonds. The van der Waals surface area contributed by atoms with Gasteiger partial charge in [-0.15, -0.1) is 0 Å². The van der Waals surface area contributed by atoms with Crippen LogP contribution in [-0.2, 0) is 71.8 Å². The van der Waals surface area contributed by atoms with E-state index in [1.54, 1.807) is 19.1 Å². The number of rotatable bonds is 28. The number of hydrogen-bond acceptors (Lipinski definition) is 13. The van der Waals surface area contributed by atoms with Crippen molar-refractivity contribution >= 4 is 29.8 Å². The molecular formula is C50H62O13. The first-order chi connectivity index (χ1) is 30.2. The van der Waals surface area contributed by atoms with Crippen molar-refractivity contribution < 1.29 is 61.9 Å². The van der Waals surface area contributed by atoms with Gasteiger partial charge in [0.25, 0.3) is 0 Å². The van der Waals surface area contributed by atoms with Crippen LogP contribution in [0.5, 0.6) is 11.5 Å². The summed E-state index contributed by atoms with van der Waals surface area (Å²) in [5, 5.41) is 0. The average molecular weight is 871 g/mol. The van der Waals surface area contributed by atoms with Crippen molar-refractivity contribution in [3.05, 3.63) is 120 Å². The molecule has 3 rings (SSSR count). The van der Waals surface area contributed by atoms with Crippen LogP contribution < -0.4 is 9.47 Å². The van der Waals surface area contributed by atoms with E-state index in [0.717, 1.165) is 47.3 Å². The molecule has 0 N–H and O–H groups in total. The van der Waals surface area contributed by atoms with Crippen molar-refractivity contribution in [3.63, 3.8) is 0 Å². The minimum atomic E-state index is -1.50. The maximum atomic E-state index is 12.6. The maximum Gasteiger partial charge on any atom is 0.417 e. The van der Waals surface area contributed by atoms with Gasteiger partial charge in [0.1, 0.15) is 56.6 Å².